The van der Waals surface area contributed by atoms with Gasteiger partial charge in [-0.15, -0.1) is 0 Å². The summed E-state index contributed by atoms with van der Waals surface area (Å²) in [6.07, 6.45) is 5.57. The molecule has 0 saturated heterocycles. The van der Waals surface area contributed by atoms with Gasteiger partial charge in [-0.05, 0) is 6.07 Å². The van der Waals surface area contributed by atoms with Crippen molar-refractivity contribution in [2.75, 3.05) is 11.9 Å². The van der Waals surface area contributed by atoms with E-state index in [1.54, 1.807) is 6.20 Å². The van der Waals surface area contributed by atoms with Gasteiger partial charge < -0.3 is 15.5 Å². The SMILES string of the molecule is NC1=NC(Nc2ccn3ccnc3c2)=NC1. The number of imidazole rings is 1. The van der Waals surface area contributed by atoms with Crippen molar-refractivity contribution >= 4 is 23.1 Å². The Labute approximate surface area is 91.5 Å². The van der Waals surface area contributed by atoms with Crippen LogP contribution in [-0.2, 0) is 0 Å². The fraction of sp³-hybridized carbons (Fsp3) is 0.100. The molecule has 3 heterocycles. The molecule has 6 heteroatoms. The number of hydrogen-bond donors (Lipinski definition) is 2. The van der Waals surface area contributed by atoms with Crippen molar-refractivity contribution < 1.29 is 0 Å². The van der Waals surface area contributed by atoms with Crippen LogP contribution in [0.5, 0.6) is 0 Å². The van der Waals surface area contributed by atoms with Gasteiger partial charge in [-0.1, -0.05) is 0 Å². The van der Waals surface area contributed by atoms with Crippen LogP contribution in [0.1, 0.15) is 0 Å². The lowest BCUT2D eigenvalue weighted by Crippen LogP contribution is -2.12. The second-order valence-electron chi connectivity index (χ2n) is 3.48. The number of nitrogens with zero attached hydrogens (tertiary/aromatic N) is 4. The van der Waals surface area contributed by atoms with E-state index in [9.17, 15) is 0 Å². The first-order valence-electron chi connectivity index (χ1n) is 4.88. The fourth-order valence-corrected chi connectivity index (χ4v) is 1.55. The molecule has 3 rings (SSSR count). The van der Waals surface area contributed by atoms with Crippen molar-refractivity contribution in [3.05, 3.63) is 30.7 Å². The molecule has 6 nitrogen and oxygen atoms in total. The number of pyridine rings is 1. The van der Waals surface area contributed by atoms with Gasteiger partial charge in [-0.3, -0.25) is 0 Å². The Balaban J connectivity index is 1.89. The second-order valence-corrected chi connectivity index (χ2v) is 3.48. The van der Waals surface area contributed by atoms with Crippen LogP contribution in [0.25, 0.3) is 5.65 Å². The Morgan fingerprint density at radius 2 is 2.31 bits per heavy atom. The molecule has 2 aromatic rings. The lowest BCUT2D eigenvalue weighted by atomic mass is 10.4. The first-order chi connectivity index (χ1) is 7.81. The topological polar surface area (TPSA) is 80.1 Å². The molecule has 0 amide bonds. The number of hydrogen-bond acceptors (Lipinski definition) is 5. The van der Waals surface area contributed by atoms with E-state index in [2.05, 4.69) is 20.3 Å². The minimum Gasteiger partial charge on any atom is -0.385 e. The second kappa shape index (κ2) is 3.34. The van der Waals surface area contributed by atoms with Crippen molar-refractivity contribution in [3.63, 3.8) is 0 Å². The molecule has 2 aromatic heterocycles. The van der Waals surface area contributed by atoms with Crippen LogP contribution in [0, 0.1) is 0 Å². The summed E-state index contributed by atoms with van der Waals surface area (Å²) in [6, 6.07) is 3.85. The van der Waals surface area contributed by atoms with Crippen molar-refractivity contribution in [2.24, 2.45) is 15.7 Å². The van der Waals surface area contributed by atoms with Gasteiger partial charge in [-0.2, -0.15) is 4.99 Å². The Bertz CT molecular complexity index is 594. The third kappa shape index (κ3) is 1.50. The van der Waals surface area contributed by atoms with E-state index >= 15 is 0 Å². The number of rotatable bonds is 1. The van der Waals surface area contributed by atoms with E-state index in [1.807, 2.05) is 28.9 Å². The molecule has 0 saturated carbocycles. The van der Waals surface area contributed by atoms with Crippen molar-refractivity contribution in [1.82, 2.24) is 9.38 Å². The molecular formula is C10H10N6. The van der Waals surface area contributed by atoms with Gasteiger partial charge in [0.2, 0.25) is 5.96 Å². The molecule has 0 radical (unpaired) electrons. The highest BCUT2D eigenvalue weighted by Gasteiger charge is 2.07. The van der Waals surface area contributed by atoms with Crippen LogP contribution in [0.3, 0.4) is 0 Å². The highest BCUT2D eigenvalue weighted by atomic mass is 15.2. The van der Waals surface area contributed by atoms with Crippen LogP contribution in [0.15, 0.2) is 40.7 Å². The number of amidine groups is 1. The third-order valence-corrected chi connectivity index (χ3v) is 2.29. The Morgan fingerprint density at radius 3 is 3.12 bits per heavy atom. The molecule has 0 unspecified atom stereocenters. The van der Waals surface area contributed by atoms with Crippen molar-refractivity contribution in [3.8, 4) is 0 Å². The molecule has 0 spiro atoms. The predicted molar refractivity (Wildman–Crippen MR) is 62.7 cm³/mol. The standard InChI is InChI=1S/C10H10N6/c11-8-6-13-10(15-8)14-7-1-3-16-4-2-12-9(16)5-7/h1-5H,6H2,(H3,11,13,14,15). The lowest BCUT2D eigenvalue weighted by molar-refractivity contribution is 1.19. The molecule has 0 aliphatic carbocycles. The van der Waals surface area contributed by atoms with Crippen molar-refractivity contribution in [1.29, 1.82) is 0 Å². The summed E-state index contributed by atoms with van der Waals surface area (Å²) in [5.74, 6) is 1.08. The molecule has 1 aliphatic rings. The monoisotopic (exact) mass is 214 g/mol. The number of nitrogens with two attached hydrogens (primary N) is 1. The van der Waals surface area contributed by atoms with Crippen LogP contribution >= 0.6 is 0 Å². The first kappa shape index (κ1) is 8.90. The summed E-state index contributed by atoms with van der Waals surface area (Å²) in [5, 5.41) is 3.08. The maximum Gasteiger partial charge on any atom is 0.224 e. The van der Waals surface area contributed by atoms with Gasteiger partial charge in [0.25, 0.3) is 0 Å². The largest absolute Gasteiger partial charge is 0.385 e. The average Bonchev–Trinajstić information content (AvgIpc) is 2.87. The van der Waals surface area contributed by atoms with E-state index in [0.717, 1.165) is 11.3 Å². The van der Waals surface area contributed by atoms with Crippen LogP contribution in [0.4, 0.5) is 5.69 Å². The Kier molecular flexibility index (Phi) is 1.86. The first-order valence-corrected chi connectivity index (χ1v) is 4.88. The number of aromatic nitrogens is 2. The number of guanidine groups is 1. The summed E-state index contributed by atoms with van der Waals surface area (Å²) < 4.78 is 1.93. The van der Waals surface area contributed by atoms with Gasteiger partial charge in [-0.25, -0.2) is 9.98 Å². The maximum absolute atomic E-state index is 5.53. The van der Waals surface area contributed by atoms with Gasteiger partial charge in [0.15, 0.2) is 0 Å². The van der Waals surface area contributed by atoms with E-state index in [4.69, 9.17) is 5.73 Å². The minimum atomic E-state index is 0.466. The molecule has 80 valence electrons. The number of aliphatic imine (C=N–C) groups is 2. The zero-order valence-corrected chi connectivity index (χ0v) is 8.46. The van der Waals surface area contributed by atoms with E-state index in [-0.39, 0.29) is 0 Å². The molecule has 0 bridgehead atoms. The quantitative estimate of drug-likeness (QED) is 0.724. The summed E-state index contributed by atoms with van der Waals surface area (Å²) in [7, 11) is 0. The lowest BCUT2D eigenvalue weighted by Gasteiger charge is -2.03. The van der Waals surface area contributed by atoms with Gasteiger partial charge >= 0.3 is 0 Å². The molecule has 3 N–H and O–H groups in total. The smallest absolute Gasteiger partial charge is 0.224 e. The van der Waals surface area contributed by atoms with Crippen LogP contribution in [0.2, 0.25) is 0 Å². The molecule has 0 atom stereocenters. The third-order valence-electron chi connectivity index (χ3n) is 2.29. The van der Waals surface area contributed by atoms with E-state index < -0.39 is 0 Å². The van der Waals surface area contributed by atoms with Gasteiger partial charge in [0.1, 0.15) is 18.0 Å². The number of fused-ring (bicyclic) bond motifs is 1. The highest BCUT2D eigenvalue weighted by molar-refractivity contribution is 6.07. The molecule has 1 aliphatic heterocycles. The molecule has 0 fully saturated rings. The summed E-state index contributed by atoms with van der Waals surface area (Å²) in [4.78, 5) is 12.4. The molecular weight excluding hydrogens is 204 g/mol. The van der Waals surface area contributed by atoms with Crippen LogP contribution in [-0.4, -0.2) is 27.7 Å². The average molecular weight is 214 g/mol. The Hall–Kier alpha value is -2.37. The predicted octanol–water partition coefficient (Wildman–Crippen LogP) is 0.473. The normalized spacial score (nSPS) is 15.0. The summed E-state index contributed by atoms with van der Waals surface area (Å²) in [6.45, 7) is 0.466. The summed E-state index contributed by atoms with van der Waals surface area (Å²) in [5.41, 5.74) is 7.31. The van der Waals surface area contributed by atoms with E-state index in [1.165, 1.54) is 0 Å². The highest BCUT2D eigenvalue weighted by Crippen LogP contribution is 2.11. The summed E-state index contributed by atoms with van der Waals surface area (Å²) >= 11 is 0. The Morgan fingerprint density at radius 1 is 1.38 bits per heavy atom. The van der Waals surface area contributed by atoms with Gasteiger partial charge in [0.05, 0.1) is 0 Å². The van der Waals surface area contributed by atoms with Crippen LogP contribution < -0.4 is 11.1 Å². The number of nitrogens with one attached hydrogen (secondary N) is 1. The fourth-order valence-electron chi connectivity index (χ4n) is 1.55. The van der Waals surface area contributed by atoms with E-state index in [0.29, 0.717) is 18.3 Å². The van der Waals surface area contributed by atoms with Gasteiger partial charge in [0, 0.05) is 30.3 Å². The molecule has 16 heavy (non-hydrogen) atoms. The maximum atomic E-state index is 5.53. The molecule has 0 aromatic carbocycles. The number of anilines is 1. The zero-order valence-electron chi connectivity index (χ0n) is 8.46. The minimum absolute atomic E-state index is 0.466. The van der Waals surface area contributed by atoms with Crippen molar-refractivity contribution in [2.45, 2.75) is 0 Å². The zero-order chi connectivity index (χ0) is 11.0.